The van der Waals surface area contributed by atoms with E-state index in [4.69, 9.17) is 21.6 Å². The molecule has 0 bridgehead atoms. The van der Waals surface area contributed by atoms with Crippen LogP contribution in [0.15, 0.2) is 78.0 Å². The Kier molecular flexibility index (Phi) is 7.62. The smallest absolute Gasteiger partial charge is 0.227 e. The second kappa shape index (κ2) is 11.4. The predicted molar refractivity (Wildman–Crippen MR) is 158 cm³/mol. The lowest BCUT2D eigenvalue weighted by atomic mass is 9.73. The largest absolute Gasteiger partial charge is 0.324 e. The molecule has 4 nitrogen and oxygen atoms in total. The van der Waals surface area contributed by atoms with Crippen LogP contribution in [0.3, 0.4) is 0 Å². The summed E-state index contributed by atoms with van der Waals surface area (Å²) in [6, 6.07) is 18.2. The minimum Gasteiger partial charge on any atom is -0.324 e. The van der Waals surface area contributed by atoms with Crippen LogP contribution >= 0.6 is 11.6 Å². The third-order valence-corrected chi connectivity index (χ3v) is 8.97. The molecule has 0 saturated heterocycles. The first-order valence-corrected chi connectivity index (χ1v) is 14.6. The van der Waals surface area contributed by atoms with E-state index in [1.165, 1.54) is 54.4 Å². The van der Waals surface area contributed by atoms with Crippen LogP contribution in [0.4, 0.5) is 11.6 Å². The summed E-state index contributed by atoms with van der Waals surface area (Å²) in [5.74, 6) is 1.49. The zero-order valence-corrected chi connectivity index (χ0v) is 23.0. The van der Waals surface area contributed by atoms with Crippen molar-refractivity contribution in [2.24, 2.45) is 5.92 Å². The molecular formula is C33H37ClN4. The average Bonchev–Trinajstić information content (AvgIpc) is 2.97. The summed E-state index contributed by atoms with van der Waals surface area (Å²) in [5.41, 5.74) is 7.24. The summed E-state index contributed by atoms with van der Waals surface area (Å²) >= 11 is 6.20. The number of rotatable bonds is 7. The molecule has 5 heteroatoms. The molecule has 3 aliphatic rings. The SMILES string of the molecule is CN(CCc1ccc(Nc2ncc3c(n2)-c2ccccc2[C@H](C2C=CC(Cl)=CC2)C3)cc1)C1CCCCC1. The van der Waals surface area contributed by atoms with Crippen LogP contribution in [0.25, 0.3) is 11.3 Å². The molecule has 1 fully saturated rings. The van der Waals surface area contributed by atoms with E-state index >= 15 is 0 Å². The highest BCUT2D eigenvalue weighted by molar-refractivity contribution is 6.31. The fourth-order valence-corrected chi connectivity index (χ4v) is 6.58. The van der Waals surface area contributed by atoms with E-state index in [0.717, 1.165) is 48.3 Å². The molecule has 1 unspecified atom stereocenters. The van der Waals surface area contributed by atoms with E-state index in [0.29, 0.717) is 17.8 Å². The number of halogens is 1. The summed E-state index contributed by atoms with van der Waals surface area (Å²) in [4.78, 5) is 12.3. The number of nitrogens with one attached hydrogen (secondary N) is 1. The molecule has 3 aromatic rings. The molecule has 6 rings (SSSR count). The van der Waals surface area contributed by atoms with Gasteiger partial charge in [0.1, 0.15) is 0 Å². The average molecular weight is 525 g/mol. The maximum absolute atomic E-state index is 6.20. The zero-order chi connectivity index (χ0) is 25.9. The van der Waals surface area contributed by atoms with Gasteiger partial charge in [0, 0.05) is 35.1 Å². The van der Waals surface area contributed by atoms with Gasteiger partial charge < -0.3 is 10.2 Å². The number of nitrogens with zero attached hydrogens (tertiary/aromatic N) is 3. The number of hydrogen-bond donors (Lipinski definition) is 1. The quantitative estimate of drug-likeness (QED) is 0.339. The van der Waals surface area contributed by atoms with Crippen LogP contribution in [-0.2, 0) is 12.8 Å². The Labute approximate surface area is 231 Å². The monoisotopic (exact) mass is 524 g/mol. The second-order valence-corrected chi connectivity index (χ2v) is 11.6. The van der Waals surface area contributed by atoms with E-state index in [-0.39, 0.29) is 0 Å². The van der Waals surface area contributed by atoms with Gasteiger partial charge in [0.25, 0.3) is 0 Å². The van der Waals surface area contributed by atoms with Crippen molar-refractivity contribution in [3.05, 3.63) is 94.7 Å². The Balaban J connectivity index is 1.13. The number of likely N-dealkylation sites (N-methyl/N-ethyl adjacent to an activating group) is 1. The Morgan fingerprint density at radius 2 is 1.84 bits per heavy atom. The second-order valence-electron chi connectivity index (χ2n) is 11.2. The molecule has 0 amide bonds. The normalized spacial score (nSPS) is 21.1. The first kappa shape index (κ1) is 25.3. The molecule has 38 heavy (non-hydrogen) atoms. The van der Waals surface area contributed by atoms with Gasteiger partial charge in [0.15, 0.2) is 0 Å². The first-order chi connectivity index (χ1) is 18.6. The van der Waals surface area contributed by atoms with Crippen molar-refractivity contribution >= 4 is 23.2 Å². The molecule has 1 saturated carbocycles. The van der Waals surface area contributed by atoms with E-state index < -0.39 is 0 Å². The third kappa shape index (κ3) is 5.57. The Bertz CT molecular complexity index is 1320. The minimum absolute atomic E-state index is 0.406. The molecule has 0 radical (unpaired) electrons. The standard InChI is InChI=1S/C33H37ClN4/c1-38(28-7-3-2-4-8-28)20-19-23-11-17-27(18-12-23)36-33-35-22-25-21-31(24-13-15-26(34)16-14-24)29-9-5-6-10-30(29)32(25)37-33/h5-6,9-13,15-18,22,24,28,31H,2-4,7-8,14,19-21H2,1H3,(H,35,36,37)/t24?,31-/m0/s1. The van der Waals surface area contributed by atoms with Gasteiger partial charge >= 0.3 is 0 Å². The molecule has 3 aliphatic carbocycles. The van der Waals surface area contributed by atoms with Crippen molar-refractivity contribution < 1.29 is 0 Å². The van der Waals surface area contributed by atoms with Gasteiger partial charge in [-0.15, -0.1) is 0 Å². The molecule has 1 aromatic heterocycles. The number of aromatic nitrogens is 2. The highest BCUT2D eigenvalue weighted by Gasteiger charge is 2.31. The van der Waals surface area contributed by atoms with Crippen molar-refractivity contribution in [1.29, 1.82) is 0 Å². The summed E-state index contributed by atoms with van der Waals surface area (Å²) in [6.07, 6.45) is 18.3. The molecular weight excluding hydrogens is 488 g/mol. The van der Waals surface area contributed by atoms with Gasteiger partial charge in [-0.25, -0.2) is 9.97 Å². The topological polar surface area (TPSA) is 41.0 Å². The number of hydrogen-bond acceptors (Lipinski definition) is 4. The fourth-order valence-electron chi connectivity index (χ4n) is 6.42. The number of anilines is 2. The van der Waals surface area contributed by atoms with Gasteiger partial charge in [-0.1, -0.05) is 79.4 Å². The maximum atomic E-state index is 6.20. The lowest BCUT2D eigenvalue weighted by molar-refractivity contribution is 0.194. The molecule has 196 valence electrons. The van der Waals surface area contributed by atoms with E-state index in [9.17, 15) is 0 Å². The van der Waals surface area contributed by atoms with Crippen LogP contribution in [-0.4, -0.2) is 34.5 Å². The number of allylic oxidation sites excluding steroid dienone is 4. The van der Waals surface area contributed by atoms with E-state index in [1.54, 1.807) is 0 Å². The van der Waals surface area contributed by atoms with Gasteiger partial charge in [-0.3, -0.25) is 0 Å². The van der Waals surface area contributed by atoms with Crippen LogP contribution in [0.5, 0.6) is 0 Å². The van der Waals surface area contributed by atoms with Gasteiger partial charge in [-0.2, -0.15) is 0 Å². The Hall–Kier alpha value is -2.95. The molecule has 0 aliphatic heterocycles. The lowest BCUT2D eigenvalue weighted by Crippen LogP contribution is -2.34. The maximum Gasteiger partial charge on any atom is 0.227 e. The van der Waals surface area contributed by atoms with Crippen molar-refractivity contribution in [1.82, 2.24) is 14.9 Å². The molecule has 2 aromatic carbocycles. The van der Waals surface area contributed by atoms with Crippen molar-refractivity contribution in [2.75, 3.05) is 18.9 Å². The first-order valence-electron chi connectivity index (χ1n) is 14.2. The number of benzene rings is 2. The summed E-state index contributed by atoms with van der Waals surface area (Å²) in [6.45, 7) is 1.12. The van der Waals surface area contributed by atoms with Gasteiger partial charge in [-0.05, 0) is 85.9 Å². The highest BCUT2D eigenvalue weighted by Crippen LogP contribution is 2.44. The van der Waals surface area contributed by atoms with Crippen molar-refractivity contribution in [3.8, 4) is 11.3 Å². The molecule has 1 heterocycles. The van der Waals surface area contributed by atoms with Gasteiger partial charge in [0.05, 0.1) is 5.69 Å². The summed E-state index contributed by atoms with van der Waals surface area (Å²) in [5, 5.41) is 4.28. The van der Waals surface area contributed by atoms with Crippen LogP contribution in [0, 0.1) is 5.92 Å². The third-order valence-electron chi connectivity index (χ3n) is 8.69. The van der Waals surface area contributed by atoms with Crippen LogP contribution in [0.2, 0.25) is 0 Å². The van der Waals surface area contributed by atoms with E-state index in [1.807, 2.05) is 12.3 Å². The number of fused-ring (bicyclic) bond motifs is 3. The van der Waals surface area contributed by atoms with Gasteiger partial charge in [0.2, 0.25) is 5.95 Å². The van der Waals surface area contributed by atoms with Crippen LogP contribution in [0.1, 0.15) is 61.1 Å². The minimum atomic E-state index is 0.406. The molecule has 1 N–H and O–H groups in total. The zero-order valence-electron chi connectivity index (χ0n) is 22.2. The highest BCUT2D eigenvalue weighted by atomic mass is 35.5. The fraction of sp³-hybridized carbons (Fsp3) is 0.394. The van der Waals surface area contributed by atoms with Crippen molar-refractivity contribution in [3.63, 3.8) is 0 Å². The summed E-state index contributed by atoms with van der Waals surface area (Å²) < 4.78 is 0. The summed E-state index contributed by atoms with van der Waals surface area (Å²) in [7, 11) is 2.29. The molecule has 2 atom stereocenters. The predicted octanol–water partition coefficient (Wildman–Crippen LogP) is 8.03. The van der Waals surface area contributed by atoms with E-state index in [2.05, 4.69) is 77.9 Å². The Morgan fingerprint density at radius 3 is 2.63 bits per heavy atom. The Morgan fingerprint density at radius 1 is 1.03 bits per heavy atom. The van der Waals surface area contributed by atoms with Crippen LogP contribution < -0.4 is 5.32 Å². The van der Waals surface area contributed by atoms with Crippen molar-refractivity contribution in [2.45, 2.75) is 63.3 Å². The lowest BCUT2D eigenvalue weighted by Gasteiger charge is -2.32. The molecule has 0 spiro atoms.